The number of hydrogen-bond donors (Lipinski definition) is 0. The lowest BCUT2D eigenvalue weighted by Crippen LogP contribution is -2.25. The maximum atomic E-state index is 13.1. The molecular weight excluding hydrogens is 348 g/mol. The van der Waals surface area contributed by atoms with Crippen LogP contribution in [0.25, 0.3) is 0 Å². The summed E-state index contributed by atoms with van der Waals surface area (Å²) in [6.45, 7) is 4.71. The minimum absolute atomic E-state index is 0.119. The van der Waals surface area contributed by atoms with E-state index in [0.717, 1.165) is 17.1 Å². The van der Waals surface area contributed by atoms with Crippen LogP contribution in [0.3, 0.4) is 0 Å². The van der Waals surface area contributed by atoms with Gasteiger partial charge in [-0.3, -0.25) is 4.79 Å². The Balaban J connectivity index is 1.79. The Morgan fingerprint density at radius 1 is 1.00 bits per heavy atom. The summed E-state index contributed by atoms with van der Waals surface area (Å²) in [5.41, 5.74) is 4.11. The number of pyridine rings is 2. The minimum atomic E-state index is -0.119. The molecular formula is C23H20N4O. The van der Waals surface area contributed by atoms with E-state index in [-0.39, 0.29) is 5.91 Å². The zero-order chi connectivity index (χ0) is 19.7. The van der Waals surface area contributed by atoms with Gasteiger partial charge < -0.3 is 9.80 Å². The Hall–Kier alpha value is -3.65. The van der Waals surface area contributed by atoms with Crippen LogP contribution in [-0.4, -0.2) is 29.5 Å². The summed E-state index contributed by atoms with van der Waals surface area (Å²) in [5.74, 6) is 7.48. The van der Waals surface area contributed by atoms with Gasteiger partial charge in [0.1, 0.15) is 5.82 Å². The van der Waals surface area contributed by atoms with Gasteiger partial charge >= 0.3 is 0 Å². The van der Waals surface area contributed by atoms with Crippen LogP contribution in [0.2, 0.25) is 0 Å². The molecule has 1 aromatic carbocycles. The molecule has 5 nitrogen and oxygen atoms in total. The number of benzene rings is 1. The summed E-state index contributed by atoms with van der Waals surface area (Å²) in [7, 11) is 1.76. The number of hydrogen-bond acceptors (Lipinski definition) is 4. The van der Waals surface area contributed by atoms with E-state index in [4.69, 9.17) is 0 Å². The molecule has 0 spiro atoms. The van der Waals surface area contributed by atoms with Crippen molar-refractivity contribution in [3.05, 3.63) is 77.1 Å². The smallest absolute Gasteiger partial charge is 0.261 e. The molecule has 3 aromatic rings. The third-order valence-corrected chi connectivity index (χ3v) is 4.76. The molecule has 4 rings (SSSR count). The maximum Gasteiger partial charge on any atom is 0.261 e. The Morgan fingerprint density at radius 2 is 1.75 bits per heavy atom. The molecule has 0 saturated heterocycles. The highest BCUT2D eigenvalue weighted by molar-refractivity contribution is 6.12. The number of nitrogens with zero attached hydrogens (tertiary/aromatic N) is 4. The Bertz CT molecular complexity index is 1110. The SMILES string of the molecule is CCN1c2ncc(C#Cc3ccc(C)cc3)cc2C(=O)N(C)c2cccnc21. The van der Waals surface area contributed by atoms with Crippen molar-refractivity contribution in [2.24, 2.45) is 0 Å². The second-order valence-corrected chi connectivity index (χ2v) is 6.67. The first-order valence-electron chi connectivity index (χ1n) is 9.18. The number of carbonyl (C=O) groups excluding carboxylic acids is 1. The molecule has 0 saturated carbocycles. The number of fused-ring (bicyclic) bond motifs is 2. The first-order chi connectivity index (χ1) is 13.6. The zero-order valence-corrected chi connectivity index (χ0v) is 16.1. The third-order valence-electron chi connectivity index (χ3n) is 4.76. The van der Waals surface area contributed by atoms with E-state index in [2.05, 4.69) is 21.8 Å². The van der Waals surface area contributed by atoms with Gasteiger partial charge in [0.2, 0.25) is 0 Å². The third kappa shape index (κ3) is 3.10. The number of rotatable bonds is 1. The molecule has 2 aromatic heterocycles. The van der Waals surface area contributed by atoms with Crippen LogP contribution in [-0.2, 0) is 0 Å². The van der Waals surface area contributed by atoms with E-state index in [1.165, 1.54) is 5.56 Å². The summed E-state index contributed by atoms with van der Waals surface area (Å²) >= 11 is 0. The second-order valence-electron chi connectivity index (χ2n) is 6.67. The van der Waals surface area contributed by atoms with E-state index in [1.54, 1.807) is 24.3 Å². The van der Waals surface area contributed by atoms with Crippen molar-refractivity contribution in [3.8, 4) is 11.8 Å². The fraction of sp³-hybridized carbons (Fsp3) is 0.174. The molecule has 0 fully saturated rings. The Morgan fingerprint density at radius 3 is 2.50 bits per heavy atom. The van der Waals surface area contributed by atoms with Crippen LogP contribution in [0.15, 0.2) is 54.9 Å². The van der Waals surface area contributed by atoms with E-state index >= 15 is 0 Å². The van der Waals surface area contributed by atoms with Crippen molar-refractivity contribution >= 4 is 23.2 Å². The fourth-order valence-corrected chi connectivity index (χ4v) is 3.23. The normalized spacial score (nSPS) is 12.6. The number of carbonyl (C=O) groups is 1. The maximum absolute atomic E-state index is 13.1. The molecule has 0 bridgehead atoms. The molecule has 1 aliphatic rings. The molecule has 1 aliphatic heterocycles. The molecule has 0 radical (unpaired) electrons. The number of amides is 1. The van der Waals surface area contributed by atoms with E-state index in [9.17, 15) is 4.79 Å². The first kappa shape index (κ1) is 17.7. The van der Waals surface area contributed by atoms with Crippen LogP contribution >= 0.6 is 0 Å². The van der Waals surface area contributed by atoms with Crippen molar-refractivity contribution in [3.63, 3.8) is 0 Å². The van der Waals surface area contributed by atoms with Crippen molar-refractivity contribution < 1.29 is 4.79 Å². The largest absolute Gasteiger partial charge is 0.309 e. The van der Waals surface area contributed by atoms with Gasteiger partial charge in [-0.1, -0.05) is 29.5 Å². The number of aromatic nitrogens is 2. The summed E-state index contributed by atoms with van der Waals surface area (Å²) < 4.78 is 0. The highest BCUT2D eigenvalue weighted by Gasteiger charge is 2.30. The quantitative estimate of drug-likeness (QED) is 0.611. The van der Waals surface area contributed by atoms with Crippen molar-refractivity contribution in [2.45, 2.75) is 13.8 Å². The molecule has 0 aliphatic carbocycles. The van der Waals surface area contributed by atoms with Crippen LogP contribution in [0.5, 0.6) is 0 Å². The van der Waals surface area contributed by atoms with Crippen LogP contribution in [0.4, 0.5) is 17.3 Å². The lowest BCUT2D eigenvalue weighted by atomic mass is 10.1. The molecule has 0 unspecified atom stereocenters. The van der Waals surface area contributed by atoms with Crippen LogP contribution in [0.1, 0.15) is 34.0 Å². The lowest BCUT2D eigenvalue weighted by molar-refractivity contribution is 0.0994. The predicted octanol–water partition coefficient (Wildman–Crippen LogP) is 3.93. The van der Waals surface area contributed by atoms with Gasteiger partial charge in [-0.2, -0.15) is 0 Å². The standard InChI is InChI=1S/C23H20N4O/c1-4-27-21-19(23(28)26(3)20-6-5-13-24-22(20)27)14-18(15-25-21)12-11-17-9-7-16(2)8-10-17/h5-10,13-15H,4H2,1-3H3. The van der Waals surface area contributed by atoms with E-state index in [0.29, 0.717) is 23.5 Å². The van der Waals surface area contributed by atoms with Gasteiger partial charge in [0, 0.05) is 37.1 Å². The number of aryl methyl sites for hydroxylation is 1. The van der Waals surface area contributed by atoms with Crippen molar-refractivity contribution in [2.75, 3.05) is 23.4 Å². The Kier molecular flexibility index (Phi) is 4.54. The van der Waals surface area contributed by atoms with E-state index in [1.807, 2.05) is 61.2 Å². The average molecular weight is 368 g/mol. The molecule has 0 N–H and O–H groups in total. The van der Waals surface area contributed by atoms with Gasteiger partial charge in [0.25, 0.3) is 5.91 Å². The Labute approximate surface area is 164 Å². The molecule has 5 heteroatoms. The highest BCUT2D eigenvalue weighted by atomic mass is 16.2. The van der Waals surface area contributed by atoms with Gasteiger partial charge in [-0.25, -0.2) is 9.97 Å². The van der Waals surface area contributed by atoms with Crippen molar-refractivity contribution in [1.29, 1.82) is 0 Å². The van der Waals surface area contributed by atoms with Crippen molar-refractivity contribution in [1.82, 2.24) is 9.97 Å². The number of anilines is 3. The summed E-state index contributed by atoms with van der Waals surface area (Å²) in [6, 6.07) is 13.6. The summed E-state index contributed by atoms with van der Waals surface area (Å²) in [4.78, 5) is 25.8. The monoisotopic (exact) mass is 368 g/mol. The molecule has 28 heavy (non-hydrogen) atoms. The van der Waals surface area contributed by atoms with Gasteiger partial charge in [-0.05, 0) is 44.2 Å². The predicted molar refractivity (Wildman–Crippen MR) is 111 cm³/mol. The highest BCUT2D eigenvalue weighted by Crippen LogP contribution is 2.37. The van der Waals surface area contributed by atoms with Crippen LogP contribution in [0, 0.1) is 18.8 Å². The summed E-state index contributed by atoms with van der Waals surface area (Å²) in [5, 5.41) is 0. The average Bonchev–Trinajstić information content (AvgIpc) is 2.81. The molecule has 0 atom stereocenters. The van der Waals surface area contributed by atoms with Gasteiger partial charge in [-0.15, -0.1) is 0 Å². The topological polar surface area (TPSA) is 49.3 Å². The van der Waals surface area contributed by atoms with Gasteiger partial charge in [0.15, 0.2) is 5.82 Å². The molecule has 138 valence electrons. The molecule has 3 heterocycles. The van der Waals surface area contributed by atoms with E-state index < -0.39 is 0 Å². The zero-order valence-electron chi connectivity index (χ0n) is 16.1. The summed E-state index contributed by atoms with van der Waals surface area (Å²) in [6.07, 6.45) is 3.44. The molecule has 1 amide bonds. The lowest BCUT2D eigenvalue weighted by Gasteiger charge is -2.22. The minimum Gasteiger partial charge on any atom is -0.309 e. The second kappa shape index (κ2) is 7.16. The fourth-order valence-electron chi connectivity index (χ4n) is 3.23. The van der Waals surface area contributed by atoms with Gasteiger partial charge in [0.05, 0.1) is 11.3 Å². The first-order valence-corrected chi connectivity index (χ1v) is 9.18. The van der Waals surface area contributed by atoms with Crippen LogP contribution < -0.4 is 9.80 Å².